The van der Waals surface area contributed by atoms with Gasteiger partial charge in [0.05, 0.1) is 5.54 Å². The molecular weight excluding hydrogens is 456 g/mol. The fraction of sp³-hybridized carbons (Fsp3) is 0.462. The van der Waals surface area contributed by atoms with Crippen LogP contribution in [0.15, 0.2) is 42.5 Å². The number of carbonyl (C=O) groups excluding carboxylic acids is 2. The van der Waals surface area contributed by atoms with Gasteiger partial charge in [0.2, 0.25) is 0 Å². The molecule has 2 aliphatic heterocycles. The second-order valence-electron chi connectivity index (χ2n) is 9.76. The zero-order valence-electron chi connectivity index (χ0n) is 19.3. The summed E-state index contributed by atoms with van der Waals surface area (Å²) in [5, 5.41) is 16.7. The van der Waals surface area contributed by atoms with E-state index in [0.717, 1.165) is 61.2 Å². The zero-order chi connectivity index (χ0) is 24.6. The maximum atomic E-state index is 13.8. The van der Waals surface area contributed by atoms with Gasteiger partial charge in [-0.1, -0.05) is 24.3 Å². The summed E-state index contributed by atoms with van der Waals surface area (Å²) >= 11 is 0. The van der Waals surface area contributed by atoms with E-state index in [1.807, 2.05) is 18.2 Å². The van der Waals surface area contributed by atoms with Crippen LogP contribution in [0.2, 0.25) is 0 Å². The quantitative estimate of drug-likeness (QED) is 0.590. The first-order valence-electron chi connectivity index (χ1n) is 12.1. The van der Waals surface area contributed by atoms with Crippen molar-refractivity contribution in [1.82, 2.24) is 15.5 Å². The number of aromatic hydroxyl groups is 1. The van der Waals surface area contributed by atoms with E-state index in [1.54, 1.807) is 6.07 Å². The average molecular weight is 486 g/mol. The van der Waals surface area contributed by atoms with E-state index in [2.05, 4.69) is 10.6 Å². The highest BCUT2D eigenvalue weighted by molar-refractivity contribution is 5.93. The number of carbonyl (C=O) groups is 2. The van der Waals surface area contributed by atoms with Gasteiger partial charge in [0.15, 0.2) is 11.6 Å². The number of hydrogen-bond donors (Lipinski definition) is 3. The van der Waals surface area contributed by atoms with Gasteiger partial charge in [-0.05, 0) is 79.8 Å². The van der Waals surface area contributed by atoms with E-state index in [0.29, 0.717) is 17.9 Å². The summed E-state index contributed by atoms with van der Waals surface area (Å²) in [6.45, 7) is 1.22. The Bertz CT molecular complexity index is 1110. The second-order valence-corrected chi connectivity index (χ2v) is 9.76. The van der Waals surface area contributed by atoms with Crippen molar-refractivity contribution in [2.24, 2.45) is 5.92 Å². The molecule has 2 atom stereocenters. The van der Waals surface area contributed by atoms with Gasteiger partial charge in [-0.3, -0.25) is 0 Å². The number of hydrogen-bond acceptors (Lipinski definition) is 5. The molecule has 0 spiro atoms. The van der Waals surface area contributed by atoms with Crippen LogP contribution in [0, 0.1) is 17.6 Å². The molecule has 0 unspecified atom stereocenters. The van der Waals surface area contributed by atoms with E-state index in [9.17, 15) is 23.5 Å². The van der Waals surface area contributed by atoms with Crippen LogP contribution in [-0.4, -0.2) is 47.4 Å². The van der Waals surface area contributed by atoms with Crippen molar-refractivity contribution in [3.05, 3.63) is 65.2 Å². The summed E-state index contributed by atoms with van der Waals surface area (Å²) in [4.78, 5) is 26.9. The van der Waals surface area contributed by atoms with Crippen molar-refractivity contribution in [1.29, 1.82) is 0 Å². The largest absolute Gasteiger partial charge is 0.508 e. The van der Waals surface area contributed by atoms with Crippen molar-refractivity contribution in [3.8, 4) is 5.75 Å². The number of phenolic OH excluding ortho intramolecular Hbond substituents is 1. The van der Waals surface area contributed by atoms with E-state index in [1.165, 1.54) is 6.07 Å². The van der Waals surface area contributed by atoms with E-state index >= 15 is 0 Å². The predicted octanol–water partition coefficient (Wildman–Crippen LogP) is 4.58. The maximum Gasteiger partial charge on any atom is 0.418 e. The number of amides is 3. The predicted molar refractivity (Wildman–Crippen MR) is 124 cm³/mol. The topological polar surface area (TPSA) is 90.9 Å². The Morgan fingerprint density at radius 1 is 1.11 bits per heavy atom. The number of imide groups is 1. The fourth-order valence-corrected chi connectivity index (χ4v) is 5.94. The Kier molecular flexibility index (Phi) is 6.35. The number of phenols is 1. The summed E-state index contributed by atoms with van der Waals surface area (Å²) in [7, 11) is 0. The average Bonchev–Trinajstić information content (AvgIpc) is 3.49. The monoisotopic (exact) mass is 485 g/mol. The van der Waals surface area contributed by atoms with Crippen molar-refractivity contribution in [3.63, 3.8) is 0 Å². The third-order valence-electron chi connectivity index (χ3n) is 7.85. The van der Waals surface area contributed by atoms with Gasteiger partial charge in [0.1, 0.15) is 18.4 Å². The van der Waals surface area contributed by atoms with Crippen molar-refractivity contribution >= 4 is 12.1 Å². The minimum atomic E-state index is -1.04. The smallest absolute Gasteiger partial charge is 0.418 e. The molecule has 1 aliphatic carbocycles. The number of urea groups is 1. The third kappa shape index (κ3) is 4.45. The van der Waals surface area contributed by atoms with Gasteiger partial charge in [-0.25, -0.2) is 23.3 Å². The van der Waals surface area contributed by atoms with Crippen LogP contribution in [0.3, 0.4) is 0 Å². The molecule has 2 saturated heterocycles. The minimum absolute atomic E-state index is 0.117. The highest BCUT2D eigenvalue weighted by Crippen LogP contribution is 2.44. The summed E-state index contributed by atoms with van der Waals surface area (Å²) in [5.74, 6) is -1.26. The van der Waals surface area contributed by atoms with E-state index in [4.69, 9.17) is 4.74 Å². The lowest BCUT2D eigenvalue weighted by Gasteiger charge is -2.42. The van der Waals surface area contributed by atoms with E-state index < -0.39 is 35.3 Å². The number of halogens is 2. The van der Waals surface area contributed by atoms with Crippen molar-refractivity contribution in [2.75, 3.05) is 19.7 Å². The molecule has 7 nitrogen and oxygen atoms in total. The second kappa shape index (κ2) is 9.45. The Labute approximate surface area is 202 Å². The van der Waals surface area contributed by atoms with Crippen molar-refractivity contribution < 1.29 is 28.2 Å². The highest BCUT2D eigenvalue weighted by atomic mass is 19.2. The lowest BCUT2D eigenvalue weighted by Crippen LogP contribution is -2.59. The fourth-order valence-electron chi connectivity index (χ4n) is 5.94. The van der Waals surface area contributed by atoms with Gasteiger partial charge >= 0.3 is 12.1 Å². The molecule has 2 aromatic carbocycles. The third-order valence-corrected chi connectivity index (χ3v) is 7.85. The molecule has 5 rings (SSSR count). The zero-order valence-corrected chi connectivity index (χ0v) is 19.3. The van der Waals surface area contributed by atoms with Gasteiger partial charge < -0.3 is 20.5 Å². The maximum absolute atomic E-state index is 13.8. The summed E-state index contributed by atoms with van der Waals surface area (Å²) < 4.78 is 32.4. The lowest BCUT2D eigenvalue weighted by molar-refractivity contribution is 0.138. The Balaban J connectivity index is 1.31. The molecule has 3 amide bonds. The molecule has 3 fully saturated rings. The van der Waals surface area contributed by atoms with Crippen LogP contribution < -0.4 is 10.6 Å². The van der Waals surface area contributed by atoms with Crippen molar-refractivity contribution in [2.45, 2.75) is 49.6 Å². The standard InChI is InChI=1S/C26H29F2N3O4/c27-20-10-7-17(13-21(20)28)22-14-35-25(34)31(22)24(33)30-26(11-12-29-15-26)18-8-5-16(6-9-18)19-3-1-2-4-23(19)32/h1-4,7,10,13,16,18,22,29,32H,5-6,8-9,11-12,14-15H2,(H,30,33)/t16-,18+,22-,26+/m1/s1. The number of para-hydroxylation sites is 1. The molecule has 35 heavy (non-hydrogen) atoms. The first-order chi connectivity index (χ1) is 16.9. The number of rotatable bonds is 4. The Morgan fingerprint density at radius 2 is 1.89 bits per heavy atom. The van der Waals surface area contributed by atoms with Crippen LogP contribution in [0.5, 0.6) is 5.75 Å². The molecule has 186 valence electrons. The number of nitrogens with one attached hydrogen (secondary N) is 2. The van der Waals surface area contributed by atoms with Gasteiger partial charge in [-0.2, -0.15) is 0 Å². The molecular formula is C26H29F2N3O4. The SMILES string of the molecule is O=C(N[C@@]1([C@H]2CC[C@@H](c3ccccc3O)CC2)CCNC1)N1C(=O)OC[C@@H]1c1ccc(F)c(F)c1. The number of cyclic esters (lactones) is 1. The summed E-state index contributed by atoms with van der Waals surface area (Å²) in [6, 6.07) is 9.34. The Hall–Kier alpha value is -3.20. The molecule has 1 saturated carbocycles. The normalized spacial score (nSPS) is 28.7. The van der Waals surface area contributed by atoms with Gasteiger partial charge in [-0.15, -0.1) is 0 Å². The molecule has 0 aromatic heterocycles. The van der Waals surface area contributed by atoms with Gasteiger partial charge in [0.25, 0.3) is 0 Å². The number of ether oxygens (including phenoxy) is 1. The molecule has 3 N–H and O–H groups in total. The van der Waals surface area contributed by atoms with E-state index in [-0.39, 0.29) is 18.4 Å². The number of benzene rings is 2. The molecule has 0 bridgehead atoms. The lowest BCUT2D eigenvalue weighted by atomic mass is 9.69. The minimum Gasteiger partial charge on any atom is -0.508 e. The van der Waals surface area contributed by atoms with Crippen LogP contribution >= 0.6 is 0 Å². The molecule has 2 heterocycles. The van der Waals surface area contributed by atoms with Crippen LogP contribution in [0.1, 0.15) is 55.2 Å². The van der Waals surface area contributed by atoms with Crippen LogP contribution in [-0.2, 0) is 4.74 Å². The first kappa shape index (κ1) is 23.5. The highest BCUT2D eigenvalue weighted by Gasteiger charge is 2.47. The van der Waals surface area contributed by atoms with Gasteiger partial charge in [0, 0.05) is 6.54 Å². The van der Waals surface area contributed by atoms with Crippen LogP contribution in [0.25, 0.3) is 0 Å². The number of nitrogens with zero attached hydrogens (tertiary/aromatic N) is 1. The molecule has 0 radical (unpaired) electrons. The molecule has 9 heteroatoms. The molecule has 2 aromatic rings. The molecule has 3 aliphatic rings. The first-order valence-corrected chi connectivity index (χ1v) is 12.1. The van der Waals surface area contributed by atoms with Crippen LogP contribution in [0.4, 0.5) is 18.4 Å². The summed E-state index contributed by atoms with van der Waals surface area (Å²) in [6.07, 6.45) is 3.45. The summed E-state index contributed by atoms with van der Waals surface area (Å²) in [5.41, 5.74) is 0.733. The Morgan fingerprint density at radius 3 is 2.57 bits per heavy atom.